The zero-order valence-corrected chi connectivity index (χ0v) is 7.95. The van der Waals surface area contributed by atoms with Crippen molar-refractivity contribution in [2.24, 2.45) is 0 Å². The number of aryl methyl sites for hydroxylation is 1. The number of nitrogens with zero attached hydrogens (tertiary/aromatic N) is 2. The summed E-state index contributed by atoms with van der Waals surface area (Å²) < 4.78 is 5.17. The molecule has 72 valence electrons. The fourth-order valence-corrected chi connectivity index (χ4v) is 1.77. The van der Waals surface area contributed by atoms with E-state index in [1.54, 1.807) is 0 Å². The quantitative estimate of drug-likeness (QED) is 0.745. The summed E-state index contributed by atoms with van der Waals surface area (Å²) in [5, 5.41) is 4.96. The standard InChI is InChI=1S/C10H11N3O/c1-5-4-7(11)8-9(6-2-3-6)13-14-10(8)12-5/h4,6H,2-3H2,1H3,(H2,11,12). The highest BCUT2D eigenvalue weighted by atomic mass is 16.5. The lowest BCUT2D eigenvalue weighted by Crippen LogP contribution is -1.91. The van der Waals surface area contributed by atoms with Crippen LogP contribution in [0.1, 0.15) is 30.1 Å². The highest BCUT2D eigenvalue weighted by Crippen LogP contribution is 2.43. The van der Waals surface area contributed by atoms with Crippen molar-refractivity contribution in [2.75, 3.05) is 5.73 Å². The van der Waals surface area contributed by atoms with Gasteiger partial charge < -0.3 is 10.3 Å². The average molecular weight is 189 g/mol. The fraction of sp³-hybridized carbons (Fsp3) is 0.400. The molecule has 1 saturated carbocycles. The predicted molar refractivity (Wildman–Crippen MR) is 52.9 cm³/mol. The number of hydrogen-bond donors (Lipinski definition) is 1. The van der Waals surface area contributed by atoms with Crippen LogP contribution < -0.4 is 5.73 Å². The van der Waals surface area contributed by atoms with Crippen LogP contribution in [0.5, 0.6) is 0 Å². The van der Waals surface area contributed by atoms with Crippen LogP contribution in [0.3, 0.4) is 0 Å². The first-order chi connectivity index (χ1) is 6.75. The molecule has 4 heteroatoms. The zero-order chi connectivity index (χ0) is 9.71. The molecular formula is C10H11N3O. The smallest absolute Gasteiger partial charge is 0.260 e. The van der Waals surface area contributed by atoms with Gasteiger partial charge in [0.15, 0.2) is 0 Å². The molecule has 0 radical (unpaired) electrons. The van der Waals surface area contributed by atoms with Gasteiger partial charge in [-0.1, -0.05) is 5.16 Å². The Balaban J connectivity index is 2.33. The summed E-state index contributed by atoms with van der Waals surface area (Å²) in [6.45, 7) is 1.90. The van der Waals surface area contributed by atoms with Gasteiger partial charge in [0.1, 0.15) is 0 Å². The molecule has 1 fully saturated rings. The van der Waals surface area contributed by atoms with Crippen molar-refractivity contribution >= 4 is 16.8 Å². The lowest BCUT2D eigenvalue weighted by Gasteiger charge is -1.97. The summed E-state index contributed by atoms with van der Waals surface area (Å²) >= 11 is 0. The van der Waals surface area contributed by atoms with E-state index in [0.29, 0.717) is 11.6 Å². The van der Waals surface area contributed by atoms with Crippen LogP contribution in [-0.4, -0.2) is 10.1 Å². The number of nitrogens with two attached hydrogens (primary N) is 1. The van der Waals surface area contributed by atoms with E-state index in [4.69, 9.17) is 10.3 Å². The number of pyridine rings is 1. The van der Waals surface area contributed by atoms with Crippen molar-refractivity contribution in [3.05, 3.63) is 17.5 Å². The highest BCUT2D eigenvalue weighted by Gasteiger charge is 2.30. The minimum absolute atomic E-state index is 0.544. The summed E-state index contributed by atoms with van der Waals surface area (Å²) in [5.74, 6) is 0.544. The molecule has 0 aliphatic heterocycles. The Bertz CT molecular complexity index is 499. The Hall–Kier alpha value is -1.58. The second-order valence-electron chi connectivity index (χ2n) is 3.88. The number of anilines is 1. The van der Waals surface area contributed by atoms with E-state index in [1.165, 1.54) is 12.8 Å². The minimum atomic E-state index is 0.544. The van der Waals surface area contributed by atoms with Crippen molar-refractivity contribution in [3.8, 4) is 0 Å². The van der Waals surface area contributed by atoms with Crippen LogP contribution in [0.4, 0.5) is 5.69 Å². The van der Waals surface area contributed by atoms with Crippen LogP contribution in [0.2, 0.25) is 0 Å². The Morgan fingerprint density at radius 3 is 3.00 bits per heavy atom. The molecule has 0 atom stereocenters. The lowest BCUT2D eigenvalue weighted by molar-refractivity contribution is 0.439. The van der Waals surface area contributed by atoms with Crippen molar-refractivity contribution in [1.82, 2.24) is 10.1 Å². The fourth-order valence-electron chi connectivity index (χ4n) is 1.77. The summed E-state index contributed by atoms with van der Waals surface area (Å²) in [6, 6.07) is 1.87. The first-order valence-corrected chi connectivity index (χ1v) is 4.78. The van der Waals surface area contributed by atoms with Gasteiger partial charge in [0.05, 0.1) is 11.1 Å². The molecule has 1 aliphatic rings. The van der Waals surface area contributed by atoms with Crippen LogP contribution in [0.25, 0.3) is 11.1 Å². The van der Waals surface area contributed by atoms with Crippen molar-refractivity contribution < 1.29 is 4.52 Å². The van der Waals surface area contributed by atoms with E-state index in [0.717, 1.165) is 22.5 Å². The maximum atomic E-state index is 5.93. The molecule has 14 heavy (non-hydrogen) atoms. The van der Waals surface area contributed by atoms with Gasteiger partial charge in [-0.25, -0.2) is 4.98 Å². The van der Waals surface area contributed by atoms with Crippen LogP contribution in [-0.2, 0) is 0 Å². The van der Waals surface area contributed by atoms with Crippen LogP contribution in [0.15, 0.2) is 10.6 Å². The highest BCUT2D eigenvalue weighted by molar-refractivity contribution is 5.89. The Labute approximate surface area is 81.1 Å². The monoisotopic (exact) mass is 189 g/mol. The lowest BCUT2D eigenvalue weighted by atomic mass is 10.1. The van der Waals surface area contributed by atoms with Gasteiger partial charge in [-0.3, -0.25) is 0 Å². The largest absolute Gasteiger partial charge is 0.398 e. The second-order valence-corrected chi connectivity index (χ2v) is 3.88. The topological polar surface area (TPSA) is 64.9 Å². The van der Waals surface area contributed by atoms with Crippen LogP contribution in [0, 0.1) is 6.92 Å². The first-order valence-electron chi connectivity index (χ1n) is 4.78. The summed E-state index contributed by atoms with van der Waals surface area (Å²) in [4.78, 5) is 4.26. The van der Waals surface area contributed by atoms with E-state index in [1.807, 2.05) is 13.0 Å². The number of fused-ring (bicyclic) bond motifs is 1. The molecule has 0 spiro atoms. The molecule has 1 aliphatic carbocycles. The van der Waals surface area contributed by atoms with E-state index in [9.17, 15) is 0 Å². The maximum absolute atomic E-state index is 5.93. The van der Waals surface area contributed by atoms with Gasteiger partial charge in [-0.05, 0) is 25.8 Å². The molecule has 0 aromatic carbocycles. The molecule has 0 unspecified atom stereocenters. The molecule has 0 bridgehead atoms. The third-order valence-electron chi connectivity index (χ3n) is 2.60. The van der Waals surface area contributed by atoms with E-state index in [-0.39, 0.29) is 0 Å². The SMILES string of the molecule is Cc1cc(N)c2c(C3CC3)noc2n1. The van der Waals surface area contributed by atoms with Crippen molar-refractivity contribution in [2.45, 2.75) is 25.7 Å². The second kappa shape index (κ2) is 2.47. The van der Waals surface area contributed by atoms with Gasteiger partial charge in [-0.15, -0.1) is 0 Å². The molecule has 0 amide bonds. The number of aromatic nitrogens is 2. The van der Waals surface area contributed by atoms with E-state index in [2.05, 4.69) is 10.1 Å². The van der Waals surface area contributed by atoms with Crippen LogP contribution >= 0.6 is 0 Å². The Kier molecular flexibility index (Phi) is 1.37. The van der Waals surface area contributed by atoms with Crippen molar-refractivity contribution in [1.29, 1.82) is 0 Å². The zero-order valence-electron chi connectivity index (χ0n) is 7.95. The molecule has 3 rings (SSSR count). The van der Waals surface area contributed by atoms with Gasteiger partial charge in [0.25, 0.3) is 5.71 Å². The van der Waals surface area contributed by atoms with Gasteiger partial charge in [-0.2, -0.15) is 0 Å². The van der Waals surface area contributed by atoms with E-state index >= 15 is 0 Å². The number of rotatable bonds is 1. The maximum Gasteiger partial charge on any atom is 0.260 e. The molecule has 2 aromatic heterocycles. The molecular weight excluding hydrogens is 178 g/mol. The molecule has 2 heterocycles. The van der Waals surface area contributed by atoms with Gasteiger partial charge >= 0.3 is 0 Å². The first kappa shape index (κ1) is 7.79. The average Bonchev–Trinajstić information content (AvgIpc) is 2.87. The summed E-state index contributed by atoms with van der Waals surface area (Å²) in [6.07, 6.45) is 2.38. The van der Waals surface area contributed by atoms with Gasteiger partial charge in [0, 0.05) is 17.3 Å². The number of nitrogen functional groups attached to an aromatic ring is 1. The molecule has 4 nitrogen and oxygen atoms in total. The summed E-state index contributed by atoms with van der Waals surface area (Å²) in [7, 11) is 0. The van der Waals surface area contributed by atoms with Crippen molar-refractivity contribution in [3.63, 3.8) is 0 Å². The summed E-state index contributed by atoms with van der Waals surface area (Å²) in [5.41, 5.74) is 9.09. The Morgan fingerprint density at radius 1 is 1.50 bits per heavy atom. The third kappa shape index (κ3) is 0.999. The third-order valence-corrected chi connectivity index (χ3v) is 2.60. The van der Waals surface area contributed by atoms with Gasteiger partial charge in [0.2, 0.25) is 0 Å². The molecule has 2 aromatic rings. The predicted octanol–water partition coefficient (Wildman–Crippen LogP) is 1.99. The normalized spacial score (nSPS) is 16.4. The number of hydrogen-bond acceptors (Lipinski definition) is 4. The minimum Gasteiger partial charge on any atom is -0.398 e. The molecule has 0 saturated heterocycles. The Morgan fingerprint density at radius 2 is 2.29 bits per heavy atom. The van der Waals surface area contributed by atoms with E-state index < -0.39 is 0 Å². The molecule has 2 N–H and O–H groups in total.